The van der Waals surface area contributed by atoms with Crippen LogP contribution in [0.15, 0.2) is 48.7 Å². The number of benzene rings is 2. The number of anilines is 1. The number of H-pyrrole nitrogens is 1. The summed E-state index contributed by atoms with van der Waals surface area (Å²) in [5, 5.41) is 10.5. The van der Waals surface area contributed by atoms with Gasteiger partial charge in [-0.25, -0.2) is 0 Å². The molecule has 3 aromatic rings. The van der Waals surface area contributed by atoms with E-state index in [0.717, 1.165) is 22.2 Å². The lowest BCUT2D eigenvalue weighted by Gasteiger charge is -2.13. The number of carbonyl (C=O) groups is 1. The summed E-state index contributed by atoms with van der Waals surface area (Å²) >= 11 is 0. The number of ether oxygens (including phenoxy) is 1. The highest BCUT2D eigenvalue weighted by Gasteiger charge is 2.16. The first-order valence-corrected chi connectivity index (χ1v) is 6.81. The van der Waals surface area contributed by atoms with E-state index < -0.39 is 6.04 Å². The van der Waals surface area contributed by atoms with Crippen LogP contribution in [0.3, 0.4) is 0 Å². The van der Waals surface area contributed by atoms with Gasteiger partial charge >= 0.3 is 0 Å². The molecule has 1 aromatic heterocycles. The van der Waals surface area contributed by atoms with E-state index in [1.165, 1.54) is 0 Å². The maximum atomic E-state index is 12.3. The maximum Gasteiger partial charge on any atom is 0.245 e. The minimum Gasteiger partial charge on any atom is -0.497 e. The number of rotatable bonds is 4. The van der Waals surface area contributed by atoms with E-state index in [2.05, 4.69) is 15.5 Å². The van der Waals surface area contributed by atoms with Crippen LogP contribution >= 0.6 is 0 Å². The number of fused-ring (bicyclic) bond motifs is 1. The Bertz CT molecular complexity index is 795. The summed E-state index contributed by atoms with van der Waals surface area (Å²) in [6.07, 6.45) is 1.70. The van der Waals surface area contributed by atoms with Crippen molar-refractivity contribution in [2.45, 2.75) is 6.04 Å². The Morgan fingerprint density at radius 1 is 1.27 bits per heavy atom. The van der Waals surface area contributed by atoms with Crippen LogP contribution in [0, 0.1) is 0 Å². The van der Waals surface area contributed by atoms with E-state index in [1.54, 1.807) is 43.6 Å². The van der Waals surface area contributed by atoms with Crippen LogP contribution in [0.1, 0.15) is 11.6 Å². The van der Waals surface area contributed by atoms with E-state index in [1.807, 2.05) is 12.1 Å². The SMILES string of the molecule is COc1ccc(C(N)C(=O)Nc2ccc3[nH]ncc3c2)cc1. The van der Waals surface area contributed by atoms with Crippen molar-refractivity contribution in [3.05, 3.63) is 54.2 Å². The van der Waals surface area contributed by atoms with Gasteiger partial charge in [0.2, 0.25) is 5.91 Å². The molecule has 0 radical (unpaired) electrons. The zero-order valence-corrected chi connectivity index (χ0v) is 12.0. The molecule has 0 bridgehead atoms. The summed E-state index contributed by atoms with van der Waals surface area (Å²) in [6, 6.07) is 11.9. The highest BCUT2D eigenvalue weighted by atomic mass is 16.5. The molecule has 1 amide bonds. The summed E-state index contributed by atoms with van der Waals surface area (Å²) in [7, 11) is 1.59. The van der Waals surface area contributed by atoms with Gasteiger partial charge in [0.25, 0.3) is 0 Å². The Hall–Kier alpha value is -2.86. The second-order valence-electron chi connectivity index (χ2n) is 4.91. The number of hydrogen-bond donors (Lipinski definition) is 3. The average molecular weight is 296 g/mol. The van der Waals surface area contributed by atoms with Crippen LogP contribution in [-0.2, 0) is 4.79 Å². The van der Waals surface area contributed by atoms with Crippen LogP contribution in [0.2, 0.25) is 0 Å². The molecule has 0 spiro atoms. The third-order valence-electron chi connectivity index (χ3n) is 3.47. The molecule has 0 aliphatic rings. The van der Waals surface area contributed by atoms with Crippen molar-refractivity contribution in [2.24, 2.45) is 5.73 Å². The first-order valence-electron chi connectivity index (χ1n) is 6.81. The first kappa shape index (κ1) is 14.1. The quantitative estimate of drug-likeness (QED) is 0.688. The van der Waals surface area contributed by atoms with Crippen molar-refractivity contribution in [3.8, 4) is 5.75 Å². The van der Waals surface area contributed by atoms with Crippen molar-refractivity contribution in [1.82, 2.24) is 10.2 Å². The van der Waals surface area contributed by atoms with Gasteiger partial charge in [-0.3, -0.25) is 9.89 Å². The molecule has 0 fully saturated rings. The standard InChI is InChI=1S/C16H16N4O2/c1-22-13-5-2-10(3-6-13)15(17)16(21)19-12-4-7-14-11(8-12)9-18-20-14/h2-9,15H,17H2,1H3,(H,18,20)(H,19,21). The number of hydrogen-bond acceptors (Lipinski definition) is 4. The van der Waals surface area contributed by atoms with Crippen LogP contribution < -0.4 is 15.8 Å². The summed E-state index contributed by atoms with van der Waals surface area (Å²) in [5.41, 5.74) is 8.32. The molecular weight excluding hydrogens is 280 g/mol. The molecule has 2 aromatic carbocycles. The molecule has 3 rings (SSSR count). The fraction of sp³-hybridized carbons (Fsp3) is 0.125. The lowest BCUT2D eigenvalue weighted by atomic mass is 10.1. The van der Waals surface area contributed by atoms with Gasteiger partial charge in [-0.15, -0.1) is 0 Å². The average Bonchev–Trinajstić information content (AvgIpc) is 3.02. The van der Waals surface area contributed by atoms with Gasteiger partial charge in [-0.05, 0) is 35.9 Å². The van der Waals surface area contributed by atoms with Gasteiger partial charge in [-0.2, -0.15) is 5.10 Å². The van der Waals surface area contributed by atoms with Gasteiger partial charge in [-0.1, -0.05) is 12.1 Å². The lowest BCUT2D eigenvalue weighted by Crippen LogP contribution is -2.27. The Balaban J connectivity index is 1.74. The molecule has 1 atom stereocenters. The molecular formula is C16H16N4O2. The lowest BCUT2D eigenvalue weighted by molar-refractivity contribution is -0.117. The Kier molecular flexibility index (Phi) is 3.76. The van der Waals surface area contributed by atoms with Gasteiger partial charge in [0.15, 0.2) is 0 Å². The molecule has 6 heteroatoms. The molecule has 0 saturated carbocycles. The van der Waals surface area contributed by atoms with E-state index in [9.17, 15) is 4.79 Å². The van der Waals surface area contributed by atoms with E-state index in [0.29, 0.717) is 5.69 Å². The van der Waals surface area contributed by atoms with Gasteiger partial charge in [0, 0.05) is 11.1 Å². The van der Waals surface area contributed by atoms with Crippen molar-refractivity contribution in [2.75, 3.05) is 12.4 Å². The van der Waals surface area contributed by atoms with Crippen LogP contribution in [0.5, 0.6) is 5.75 Å². The molecule has 6 nitrogen and oxygen atoms in total. The normalized spacial score (nSPS) is 12.1. The Morgan fingerprint density at radius 3 is 2.77 bits per heavy atom. The number of amides is 1. The largest absolute Gasteiger partial charge is 0.497 e. The Labute approximate surface area is 127 Å². The molecule has 0 saturated heterocycles. The minimum atomic E-state index is -0.744. The Morgan fingerprint density at radius 2 is 2.05 bits per heavy atom. The number of methoxy groups -OCH3 is 1. The maximum absolute atomic E-state index is 12.3. The molecule has 1 heterocycles. The van der Waals surface area contributed by atoms with E-state index >= 15 is 0 Å². The summed E-state index contributed by atoms with van der Waals surface area (Å²) in [5.74, 6) is 0.453. The summed E-state index contributed by atoms with van der Waals surface area (Å²) in [6.45, 7) is 0. The molecule has 22 heavy (non-hydrogen) atoms. The second kappa shape index (κ2) is 5.87. The molecule has 1 unspecified atom stereocenters. The van der Waals surface area contributed by atoms with Gasteiger partial charge in [0.05, 0.1) is 18.8 Å². The van der Waals surface area contributed by atoms with Crippen molar-refractivity contribution in [1.29, 1.82) is 0 Å². The van der Waals surface area contributed by atoms with Crippen LogP contribution in [0.4, 0.5) is 5.69 Å². The third kappa shape index (κ3) is 2.77. The van der Waals surface area contributed by atoms with Gasteiger partial charge < -0.3 is 15.8 Å². The highest BCUT2D eigenvalue weighted by molar-refractivity contribution is 5.97. The number of nitrogens with two attached hydrogens (primary N) is 1. The van der Waals surface area contributed by atoms with Gasteiger partial charge in [0.1, 0.15) is 11.8 Å². The number of carbonyl (C=O) groups excluding carboxylic acids is 1. The number of aromatic nitrogens is 2. The zero-order valence-electron chi connectivity index (χ0n) is 12.0. The van der Waals surface area contributed by atoms with Crippen LogP contribution in [0.25, 0.3) is 10.9 Å². The zero-order chi connectivity index (χ0) is 15.5. The predicted molar refractivity (Wildman–Crippen MR) is 84.6 cm³/mol. The molecule has 4 N–H and O–H groups in total. The monoisotopic (exact) mass is 296 g/mol. The fourth-order valence-corrected chi connectivity index (χ4v) is 2.20. The topological polar surface area (TPSA) is 93.0 Å². The summed E-state index contributed by atoms with van der Waals surface area (Å²) < 4.78 is 5.09. The molecule has 0 aliphatic heterocycles. The van der Waals surface area contributed by atoms with Crippen molar-refractivity contribution < 1.29 is 9.53 Å². The molecule has 112 valence electrons. The van der Waals surface area contributed by atoms with Crippen molar-refractivity contribution >= 4 is 22.5 Å². The highest BCUT2D eigenvalue weighted by Crippen LogP contribution is 2.20. The first-order chi connectivity index (χ1) is 10.7. The second-order valence-corrected chi connectivity index (χ2v) is 4.91. The number of nitrogens with one attached hydrogen (secondary N) is 2. The third-order valence-corrected chi connectivity index (χ3v) is 3.47. The minimum absolute atomic E-state index is 0.270. The van der Waals surface area contributed by atoms with Crippen molar-refractivity contribution in [3.63, 3.8) is 0 Å². The predicted octanol–water partition coefficient (Wildman–Crippen LogP) is 2.21. The van der Waals surface area contributed by atoms with Crippen LogP contribution in [-0.4, -0.2) is 23.2 Å². The van der Waals surface area contributed by atoms with E-state index in [4.69, 9.17) is 10.5 Å². The van der Waals surface area contributed by atoms with E-state index in [-0.39, 0.29) is 5.91 Å². The number of nitrogens with zero attached hydrogens (tertiary/aromatic N) is 1. The smallest absolute Gasteiger partial charge is 0.245 e. The summed E-state index contributed by atoms with van der Waals surface area (Å²) in [4.78, 5) is 12.3. The fourth-order valence-electron chi connectivity index (χ4n) is 2.20. The number of aromatic amines is 1. The molecule has 0 aliphatic carbocycles.